The van der Waals surface area contributed by atoms with E-state index < -0.39 is 16.1 Å². The van der Waals surface area contributed by atoms with E-state index in [9.17, 15) is 8.42 Å². The van der Waals surface area contributed by atoms with E-state index in [2.05, 4.69) is 0 Å². The Hall–Kier alpha value is -0.820. The lowest BCUT2D eigenvalue weighted by Gasteiger charge is -2.34. The number of hydrogen-bond donors (Lipinski definition) is 2. The molecule has 1 fully saturated rings. The van der Waals surface area contributed by atoms with Crippen molar-refractivity contribution in [3.8, 4) is 0 Å². The number of benzene rings is 1. The van der Waals surface area contributed by atoms with Crippen LogP contribution in [0.1, 0.15) is 5.56 Å². The van der Waals surface area contributed by atoms with Crippen LogP contribution < -0.4 is 5.73 Å². The molecule has 0 spiro atoms. The first-order chi connectivity index (χ1) is 7.82. The highest BCUT2D eigenvalue weighted by Gasteiger charge is 2.35. The molecule has 0 bridgehead atoms. The molecule has 0 amide bonds. The highest BCUT2D eigenvalue weighted by molar-refractivity contribution is 7.89. The van der Waals surface area contributed by atoms with Gasteiger partial charge in [-0.1, -0.05) is 11.6 Å². The number of nitrogens with zero attached hydrogens (tertiary/aromatic N) is 1. The number of β-amino-alcohol motifs (C(OH)–C–C–N with tert-alkyl or cyclic N) is 1. The van der Waals surface area contributed by atoms with Gasteiger partial charge in [0, 0.05) is 13.1 Å². The van der Waals surface area contributed by atoms with E-state index >= 15 is 0 Å². The summed E-state index contributed by atoms with van der Waals surface area (Å²) in [5.41, 5.74) is 6.50. The Balaban J connectivity index is 2.41. The van der Waals surface area contributed by atoms with Gasteiger partial charge < -0.3 is 10.8 Å². The van der Waals surface area contributed by atoms with Crippen molar-refractivity contribution in [3.63, 3.8) is 0 Å². The van der Waals surface area contributed by atoms with Crippen LogP contribution in [0, 0.1) is 6.92 Å². The summed E-state index contributed by atoms with van der Waals surface area (Å²) in [6.07, 6.45) is -0.574. The van der Waals surface area contributed by atoms with Crippen LogP contribution in [0.2, 0.25) is 5.02 Å². The lowest BCUT2D eigenvalue weighted by atomic mass is 10.2. The second-order valence-electron chi connectivity index (χ2n) is 4.12. The molecule has 0 unspecified atom stereocenters. The van der Waals surface area contributed by atoms with Crippen molar-refractivity contribution in [2.45, 2.75) is 17.9 Å². The molecule has 1 aliphatic heterocycles. The predicted octanol–water partition coefficient (Wildman–Crippen LogP) is 0.596. The summed E-state index contributed by atoms with van der Waals surface area (Å²) < 4.78 is 25.4. The third kappa shape index (κ3) is 2.13. The minimum absolute atomic E-state index is 0.115. The number of halogens is 1. The van der Waals surface area contributed by atoms with Crippen LogP contribution in [0.4, 0.5) is 5.69 Å². The Morgan fingerprint density at radius 1 is 1.47 bits per heavy atom. The maximum Gasteiger partial charge on any atom is 0.243 e. The summed E-state index contributed by atoms with van der Waals surface area (Å²) in [5.74, 6) is 0. The molecule has 5 nitrogen and oxygen atoms in total. The number of aliphatic hydroxyl groups is 1. The van der Waals surface area contributed by atoms with Crippen molar-refractivity contribution < 1.29 is 13.5 Å². The average molecular weight is 277 g/mol. The van der Waals surface area contributed by atoms with E-state index in [-0.39, 0.29) is 23.7 Å². The number of aryl methyl sites for hydroxylation is 1. The maximum atomic E-state index is 12.1. The van der Waals surface area contributed by atoms with Gasteiger partial charge in [-0.05, 0) is 24.6 Å². The second-order valence-corrected chi connectivity index (χ2v) is 6.44. The smallest absolute Gasteiger partial charge is 0.243 e. The molecule has 1 aromatic carbocycles. The molecule has 0 radical (unpaired) electrons. The van der Waals surface area contributed by atoms with Gasteiger partial charge >= 0.3 is 0 Å². The van der Waals surface area contributed by atoms with Gasteiger partial charge in [0.2, 0.25) is 10.0 Å². The number of nitrogen functional groups attached to an aromatic ring is 1. The standard InChI is InChI=1S/C10H13ClN2O3S/c1-6-2-8(3-9(12)10(6)11)17(15,16)13-4-7(14)5-13/h2-3,7,14H,4-5,12H2,1H3. The first-order valence-corrected chi connectivity index (χ1v) is 6.88. The highest BCUT2D eigenvalue weighted by atomic mass is 35.5. The molecule has 1 aliphatic rings. The van der Waals surface area contributed by atoms with Crippen molar-refractivity contribution >= 4 is 27.3 Å². The summed E-state index contributed by atoms with van der Waals surface area (Å²) in [4.78, 5) is 0.115. The van der Waals surface area contributed by atoms with Crippen molar-refractivity contribution in [1.29, 1.82) is 0 Å². The first-order valence-electron chi connectivity index (χ1n) is 5.06. The van der Waals surface area contributed by atoms with Crippen molar-refractivity contribution in [2.75, 3.05) is 18.8 Å². The van der Waals surface area contributed by atoms with E-state index in [0.29, 0.717) is 10.6 Å². The van der Waals surface area contributed by atoms with Crippen LogP contribution in [-0.2, 0) is 10.0 Å². The van der Waals surface area contributed by atoms with Crippen molar-refractivity contribution in [3.05, 3.63) is 22.7 Å². The van der Waals surface area contributed by atoms with Crippen LogP contribution in [0.25, 0.3) is 0 Å². The Morgan fingerprint density at radius 3 is 2.53 bits per heavy atom. The topological polar surface area (TPSA) is 83.6 Å². The lowest BCUT2D eigenvalue weighted by molar-refractivity contribution is 0.0548. The maximum absolute atomic E-state index is 12.1. The molecule has 17 heavy (non-hydrogen) atoms. The fraction of sp³-hybridized carbons (Fsp3) is 0.400. The Kier molecular flexibility index (Phi) is 3.07. The first kappa shape index (κ1) is 12.6. The van der Waals surface area contributed by atoms with Gasteiger partial charge in [-0.3, -0.25) is 0 Å². The fourth-order valence-electron chi connectivity index (χ4n) is 1.67. The number of sulfonamides is 1. The Bertz CT molecular complexity index is 530. The monoisotopic (exact) mass is 276 g/mol. The average Bonchev–Trinajstić information content (AvgIpc) is 2.20. The van der Waals surface area contributed by atoms with Crippen LogP contribution in [0.3, 0.4) is 0 Å². The molecule has 1 saturated heterocycles. The number of rotatable bonds is 2. The minimum Gasteiger partial charge on any atom is -0.397 e. The summed E-state index contributed by atoms with van der Waals surface area (Å²) in [5, 5.41) is 9.50. The van der Waals surface area contributed by atoms with Crippen LogP contribution in [0.15, 0.2) is 17.0 Å². The van der Waals surface area contributed by atoms with E-state index in [1.54, 1.807) is 6.92 Å². The molecule has 1 aromatic rings. The number of nitrogens with two attached hydrogens (primary N) is 1. The molecular formula is C10H13ClN2O3S. The lowest BCUT2D eigenvalue weighted by Crippen LogP contribution is -2.53. The molecule has 0 aromatic heterocycles. The molecule has 3 N–H and O–H groups in total. The third-order valence-electron chi connectivity index (χ3n) is 2.72. The molecule has 1 heterocycles. The second kappa shape index (κ2) is 4.13. The molecule has 94 valence electrons. The third-order valence-corrected chi connectivity index (χ3v) is 5.05. The SMILES string of the molecule is Cc1cc(S(=O)(=O)N2CC(O)C2)cc(N)c1Cl. The minimum atomic E-state index is -3.56. The Morgan fingerprint density at radius 2 is 2.06 bits per heavy atom. The highest BCUT2D eigenvalue weighted by Crippen LogP contribution is 2.29. The number of anilines is 1. The zero-order valence-corrected chi connectivity index (χ0v) is 10.8. The zero-order valence-electron chi connectivity index (χ0n) is 9.22. The summed E-state index contributed by atoms with van der Waals surface area (Å²) in [6.45, 7) is 1.95. The number of aliphatic hydroxyl groups excluding tert-OH is 1. The fourth-order valence-corrected chi connectivity index (χ4v) is 3.42. The van der Waals surface area contributed by atoms with Gasteiger partial charge in [-0.2, -0.15) is 4.31 Å². The van der Waals surface area contributed by atoms with E-state index in [4.69, 9.17) is 22.4 Å². The quantitative estimate of drug-likeness (QED) is 0.775. The summed E-state index contributed by atoms with van der Waals surface area (Å²) in [7, 11) is -3.56. The van der Waals surface area contributed by atoms with E-state index in [1.165, 1.54) is 16.4 Å². The van der Waals surface area contributed by atoms with Crippen LogP contribution in [0.5, 0.6) is 0 Å². The van der Waals surface area contributed by atoms with E-state index in [0.717, 1.165) is 0 Å². The van der Waals surface area contributed by atoms with Gasteiger partial charge in [-0.15, -0.1) is 0 Å². The molecule has 0 aliphatic carbocycles. The Labute approximate surface area is 105 Å². The van der Waals surface area contributed by atoms with Gasteiger partial charge in [-0.25, -0.2) is 8.42 Å². The van der Waals surface area contributed by atoms with Gasteiger partial charge in [0.1, 0.15) is 0 Å². The van der Waals surface area contributed by atoms with Crippen molar-refractivity contribution in [2.24, 2.45) is 0 Å². The molecular weight excluding hydrogens is 264 g/mol. The normalized spacial score (nSPS) is 18.1. The molecule has 0 atom stereocenters. The largest absolute Gasteiger partial charge is 0.397 e. The van der Waals surface area contributed by atoms with Gasteiger partial charge in [0.25, 0.3) is 0 Å². The van der Waals surface area contributed by atoms with E-state index in [1.807, 2.05) is 0 Å². The summed E-state index contributed by atoms with van der Waals surface area (Å²) >= 11 is 5.88. The molecule has 7 heteroatoms. The zero-order chi connectivity index (χ0) is 12.8. The van der Waals surface area contributed by atoms with Gasteiger partial charge in [0.05, 0.1) is 21.7 Å². The van der Waals surface area contributed by atoms with Crippen LogP contribution in [-0.4, -0.2) is 37.0 Å². The molecule has 2 rings (SSSR count). The van der Waals surface area contributed by atoms with Crippen LogP contribution >= 0.6 is 11.6 Å². The molecule has 0 saturated carbocycles. The summed E-state index contributed by atoms with van der Waals surface area (Å²) in [6, 6.07) is 2.83. The predicted molar refractivity (Wildman–Crippen MR) is 65.4 cm³/mol. The number of hydrogen-bond acceptors (Lipinski definition) is 4. The van der Waals surface area contributed by atoms with Crippen molar-refractivity contribution in [1.82, 2.24) is 4.31 Å². The van der Waals surface area contributed by atoms with Gasteiger partial charge in [0.15, 0.2) is 0 Å².